The van der Waals surface area contributed by atoms with E-state index in [0.717, 1.165) is 49.5 Å². The molecule has 2 N–H and O–H groups in total. The lowest BCUT2D eigenvalue weighted by Crippen LogP contribution is -2.50. The first kappa shape index (κ1) is 19.1. The fourth-order valence-electron chi connectivity index (χ4n) is 3.30. The Hall–Kier alpha value is -1.26. The highest BCUT2D eigenvalue weighted by Gasteiger charge is 2.21. The number of carbonyl (C=O) groups excluding carboxylic acids is 1. The zero-order valence-corrected chi connectivity index (χ0v) is 15.8. The summed E-state index contributed by atoms with van der Waals surface area (Å²) in [5.41, 5.74) is 1.14. The van der Waals surface area contributed by atoms with E-state index >= 15 is 0 Å². The highest BCUT2D eigenvalue weighted by atomic mass is 35.5. The van der Waals surface area contributed by atoms with E-state index in [2.05, 4.69) is 29.4 Å². The van der Waals surface area contributed by atoms with Crippen LogP contribution in [0.4, 0.5) is 4.79 Å². The Morgan fingerprint density at radius 2 is 2.00 bits per heavy atom. The van der Waals surface area contributed by atoms with Gasteiger partial charge in [-0.25, -0.2) is 4.79 Å². The number of hydrogen-bond acceptors (Lipinski definition) is 2. The third kappa shape index (κ3) is 6.70. The standard InChI is InChI=1S/C19H30ClN3O/c1-14(2)13-23-9-7-18(8-10-23)22-19(24)21-15(3)11-16-5-4-6-17(20)12-16/h4-6,12,14-15,18H,7-11,13H2,1-3H3,(H2,21,22,24)/t15-/m1/s1. The molecule has 1 aromatic rings. The van der Waals surface area contributed by atoms with E-state index in [9.17, 15) is 4.79 Å². The molecule has 24 heavy (non-hydrogen) atoms. The van der Waals surface area contributed by atoms with Crippen LogP contribution in [0, 0.1) is 5.92 Å². The Morgan fingerprint density at radius 3 is 2.62 bits per heavy atom. The number of hydrogen-bond donors (Lipinski definition) is 2. The van der Waals surface area contributed by atoms with Crippen molar-refractivity contribution in [2.24, 2.45) is 5.92 Å². The highest BCUT2D eigenvalue weighted by Crippen LogP contribution is 2.13. The van der Waals surface area contributed by atoms with E-state index in [1.807, 2.05) is 31.2 Å². The van der Waals surface area contributed by atoms with E-state index in [0.29, 0.717) is 5.92 Å². The van der Waals surface area contributed by atoms with Crippen LogP contribution in [-0.4, -0.2) is 42.6 Å². The normalized spacial score (nSPS) is 17.7. The maximum absolute atomic E-state index is 12.2. The Balaban J connectivity index is 1.69. The maximum Gasteiger partial charge on any atom is 0.315 e. The Morgan fingerprint density at radius 1 is 1.29 bits per heavy atom. The number of nitrogens with one attached hydrogen (secondary N) is 2. The number of urea groups is 1. The Bertz CT molecular complexity index is 527. The molecule has 4 nitrogen and oxygen atoms in total. The molecule has 1 fully saturated rings. The zero-order valence-electron chi connectivity index (χ0n) is 15.0. The number of piperidine rings is 1. The van der Waals surface area contributed by atoms with Gasteiger partial charge in [-0.1, -0.05) is 37.6 Å². The second-order valence-corrected chi connectivity index (χ2v) is 7.76. The summed E-state index contributed by atoms with van der Waals surface area (Å²) in [4.78, 5) is 14.7. The maximum atomic E-state index is 12.2. The fourth-order valence-corrected chi connectivity index (χ4v) is 3.51. The summed E-state index contributed by atoms with van der Waals surface area (Å²) in [7, 11) is 0. The van der Waals surface area contributed by atoms with E-state index in [1.165, 1.54) is 0 Å². The largest absolute Gasteiger partial charge is 0.335 e. The predicted octanol–water partition coefficient (Wildman–Crippen LogP) is 3.69. The quantitative estimate of drug-likeness (QED) is 0.820. The first-order valence-corrected chi connectivity index (χ1v) is 9.34. The van der Waals surface area contributed by atoms with Gasteiger partial charge in [0.25, 0.3) is 0 Å². The third-order valence-electron chi connectivity index (χ3n) is 4.35. The summed E-state index contributed by atoms with van der Waals surface area (Å²) in [6.07, 6.45) is 2.84. The fraction of sp³-hybridized carbons (Fsp3) is 0.632. The molecule has 5 heteroatoms. The molecule has 1 aliphatic heterocycles. The lowest BCUT2D eigenvalue weighted by atomic mass is 10.0. The average molecular weight is 352 g/mol. The SMILES string of the molecule is CC(C)CN1CCC(NC(=O)N[C@H](C)Cc2cccc(Cl)c2)CC1. The van der Waals surface area contributed by atoms with Gasteiger partial charge >= 0.3 is 6.03 Å². The van der Waals surface area contributed by atoms with Crippen LogP contribution in [0.15, 0.2) is 24.3 Å². The van der Waals surface area contributed by atoms with Gasteiger partial charge in [-0.3, -0.25) is 0 Å². The summed E-state index contributed by atoms with van der Waals surface area (Å²) in [5.74, 6) is 0.699. The van der Waals surface area contributed by atoms with Gasteiger partial charge in [0, 0.05) is 36.7 Å². The second kappa shape index (κ2) is 9.28. The van der Waals surface area contributed by atoms with Gasteiger partial charge in [0.05, 0.1) is 0 Å². The summed E-state index contributed by atoms with van der Waals surface area (Å²) in [6.45, 7) is 9.81. The number of nitrogens with zero attached hydrogens (tertiary/aromatic N) is 1. The van der Waals surface area contributed by atoms with Crippen molar-refractivity contribution in [1.82, 2.24) is 15.5 Å². The van der Waals surface area contributed by atoms with Crippen LogP contribution >= 0.6 is 11.6 Å². The van der Waals surface area contributed by atoms with Crippen molar-refractivity contribution in [3.05, 3.63) is 34.9 Å². The average Bonchev–Trinajstić information content (AvgIpc) is 2.48. The van der Waals surface area contributed by atoms with E-state index < -0.39 is 0 Å². The van der Waals surface area contributed by atoms with Crippen molar-refractivity contribution in [2.75, 3.05) is 19.6 Å². The van der Waals surface area contributed by atoms with Gasteiger partial charge in [0.2, 0.25) is 0 Å². The molecule has 1 heterocycles. The summed E-state index contributed by atoms with van der Waals surface area (Å²) in [5, 5.41) is 6.88. The molecule has 0 spiro atoms. The first-order valence-electron chi connectivity index (χ1n) is 8.96. The second-order valence-electron chi connectivity index (χ2n) is 7.32. The van der Waals surface area contributed by atoms with Crippen molar-refractivity contribution >= 4 is 17.6 Å². The molecular formula is C19H30ClN3O. The summed E-state index contributed by atoms with van der Waals surface area (Å²) in [6, 6.07) is 8.08. The molecule has 0 aromatic heterocycles. The summed E-state index contributed by atoms with van der Waals surface area (Å²) >= 11 is 6.00. The Kier molecular flexibility index (Phi) is 7.38. The van der Waals surface area contributed by atoms with Crippen molar-refractivity contribution in [2.45, 2.75) is 52.1 Å². The molecule has 2 amide bonds. The number of carbonyl (C=O) groups is 1. The van der Waals surface area contributed by atoms with Crippen molar-refractivity contribution in [3.8, 4) is 0 Å². The van der Waals surface area contributed by atoms with Gasteiger partial charge in [-0.15, -0.1) is 0 Å². The van der Waals surface area contributed by atoms with Crippen molar-refractivity contribution in [3.63, 3.8) is 0 Å². The minimum absolute atomic E-state index is 0.0631. The van der Waals surface area contributed by atoms with Gasteiger partial charge in [0.1, 0.15) is 0 Å². The van der Waals surface area contributed by atoms with Crippen LogP contribution in [-0.2, 0) is 6.42 Å². The zero-order chi connectivity index (χ0) is 17.5. The number of benzene rings is 1. The lowest BCUT2D eigenvalue weighted by Gasteiger charge is -2.33. The Labute approximate surface area is 150 Å². The molecule has 134 valence electrons. The molecule has 1 saturated heterocycles. The summed E-state index contributed by atoms with van der Waals surface area (Å²) < 4.78 is 0. The van der Waals surface area contributed by atoms with Gasteiger partial charge in [-0.2, -0.15) is 0 Å². The monoisotopic (exact) mass is 351 g/mol. The van der Waals surface area contributed by atoms with Gasteiger partial charge in [-0.05, 0) is 49.8 Å². The number of halogens is 1. The van der Waals surface area contributed by atoms with Gasteiger partial charge in [0.15, 0.2) is 0 Å². The molecule has 0 radical (unpaired) electrons. The minimum Gasteiger partial charge on any atom is -0.335 e. The molecule has 0 bridgehead atoms. The number of amides is 2. The smallest absolute Gasteiger partial charge is 0.315 e. The highest BCUT2D eigenvalue weighted by molar-refractivity contribution is 6.30. The molecular weight excluding hydrogens is 322 g/mol. The third-order valence-corrected chi connectivity index (χ3v) is 4.59. The van der Waals surface area contributed by atoms with E-state index in [4.69, 9.17) is 11.6 Å². The van der Waals surface area contributed by atoms with Crippen LogP contribution in [0.5, 0.6) is 0 Å². The molecule has 1 aliphatic rings. The minimum atomic E-state index is -0.0631. The molecule has 0 unspecified atom stereocenters. The number of likely N-dealkylation sites (tertiary alicyclic amines) is 1. The van der Waals surface area contributed by atoms with E-state index in [1.54, 1.807) is 0 Å². The lowest BCUT2D eigenvalue weighted by molar-refractivity contribution is 0.177. The molecule has 0 aliphatic carbocycles. The molecule has 1 aromatic carbocycles. The predicted molar refractivity (Wildman–Crippen MR) is 101 cm³/mol. The van der Waals surface area contributed by atoms with Crippen molar-refractivity contribution < 1.29 is 4.79 Å². The molecule has 0 saturated carbocycles. The van der Waals surface area contributed by atoms with Crippen LogP contribution < -0.4 is 10.6 Å². The molecule has 2 rings (SSSR count). The van der Waals surface area contributed by atoms with Gasteiger partial charge < -0.3 is 15.5 Å². The van der Waals surface area contributed by atoms with Crippen LogP contribution in [0.3, 0.4) is 0 Å². The topological polar surface area (TPSA) is 44.4 Å². The van der Waals surface area contributed by atoms with Crippen LogP contribution in [0.2, 0.25) is 5.02 Å². The van der Waals surface area contributed by atoms with Crippen LogP contribution in [0.1, 0.15) is 39.2 Å². The number of rotatable bonds is 6. The van der Waals surface area contributed by atoms with Crippen molar-refractivity contribution in [1.29, 1.82) is 0 Å². The van der Waals surface area contributed by atoms with E-state index in [-0.39, 0.29) is 18.1 Å². The van der Waals surface area contributed by atoms with Crippen LogP contribution in [0.25, 0.3) is 0 Å². The molecule has 1 atom stereocenters. The first-order chi connectivity index (χ1) is 11.4.